The Morgan fingerprint density at radius 2 is 1.96 bits per heavy atom. The van der Waals surface area contributed by atoms with Crippen LogP contribution in [0, 0.1) is 0 Å². The number of carbonyl (C=O) groups excluding carboxylic acids is 1. The minimum absolute atomic E-state index is 0.127. The average Bonchev–Trinajstić information content (AvgIpc) is 2.72. The van der Waals surface area contributed by atoms with Gasteiger partial charge in [-0.3, -0.25) is 4.79 Å². The first-order valence-corrected chi connectivity index (χ1v) is 9.40. The molecule has 2 heterocycles. The lowest BCUT2D eigenvalue weighted by molar-refractivity contribution is -0.117. The number of morpholine rings is 1. The van der Waals surface area contributed by atoms with E-state index in [-0.39, 0.29) is 12.5 Å². The Balaban J connectivity index is 1.48. The molecule has 0 saturated carbocycles. The van der Waals surface area contributed by atoms with Crippen molar-refractivity contribution in [1.82, 2.24) is 5.32 Å². The van der Waals surface area contributed by atoms with Crippen molar-refractivity contribution in [1.29, 1.82) is 0 Å². The molecule has 1 amide bonds. The van der Waals surface area contributed by atoms with Crippen LogP contribution in [-0.2, 0) is 16.1 Å². The number of halogens is 1. The zero-order valence-corrected chi connectivity index (χ0v) is 15.7. The zero-order chi connectivity index (χ0) is 18.6. The first kappa shape index (κ1) is 17.9. The molecule has 0 atom stereocenters. The van der Waals surface area contributed by atoms with Crippen molar-refractivity contribution in [3.8, 4) is 5.75 Å². The number of ether oxygens (including phenoxy) is 2. The number of nitrogens with zero attached hydrogens (tertiary/aromatic N) is 1. The Hall–Kier alpha value is -2.50. The van der Waals surface area contributed by atoms with Crippen molar-refractivity contribution in [2.24, 2.45) is 0 Å². The fraction of sp³-hybridized carbons (Fsp3) is 0.286. The maximum absolute atomic E-state index is 12.6. The van der Waals surface area contributed by atoms with Gasteiger partial charge in [0.05, 0.1) is 18.8 Å². The molecule has 5 nitrogen and oxygen atoms in total. The van der Waals surface area contributed by atoms with Gasteiger partial charge in [0.2, 0.25) is 0 Å². The van der Waals surface area contributed by atoms with Gasteiger partial charge >= 0.3 is 0 Å². The summed E-state index contributed by atoms with van der Waals surface area (Å²) in [5.74, 6) is 0.677. The second-order valence-electron chi connectivity index (χ2n) is 6.55. The third kappa shape index (κ3) is 4.10. The standard InChI is InChI=1S/C21H21ClN2O3/c22-18-5-6-19(24-7-9-26-10-8-24)16(12-18)13-23-21(25)17-11-15-3-1-2-4-20(15)27-14-17/h1-6,11-12H,7-10,13-14H2,(H,23,25). The van der Waals surface area contributed by atoms with Gasteiger partial charge in [-0.15, -0.1) is 0 Å². The fourth-order valence-electron chi connectivity index (χ4n) is 3.34. The van der Waals surface area contributed by atoms with Crippen molar-refractivity contribution in [3.63, 3.8) is 0 Å². The molecule has 0 spiro atoms. The highest BCUT2D eigenvalue weighted by atomic mass is 35.5. The Morgan fingerprint density at radius 1 is 1.15 bits per heavy atom. The van der Waals surface area contributed by atoms with Crippen LogP contribution in [0.2, 0.25) is 5.02 Å². The predicted octanol–water partition coefficient (Wildman–Crippen LogP) is 3.27. The maximum atomic E-state index is 12.6. The van der Waals surface area contributed by atoms with Crippen molar-refractivity contribution >= 4 is 29.3 Å². The van der Waals surface area contributed by atoms with Gasteiger partial charge < -0.3 is 19.7 Å². The summed E-state index contributed by atoms with van der Waals surface area (Å²) in [4.78, 5) is 14.9. The minimum Gasteiger partial charge on any atom is -0.488 e. The molecule has 2 aromatic carbocycles. The van der Waals surface area contributed by atoms with Gasteiger partial charge in [-0.1, -0.05) is 29.8 Å². The summed E-state index contributed by atoms with van der Waals surface area (Å²) in [5, 5.41) is 3.66. The number of hydrogen-bond donors (Lipinski definition) is 1. The molecule has 27 heavy (non-hydrogen) atoms. The molecule has 6 heteroatoms. The van der Waals surface area contributed by atoms with E-state index in [4.69, 9.17) is 21.1 Å². The second-order valence-corrected chi connectivity index (χ2v) is 6.99. The van der Waals surface area contributed by atoms with Crippen LogP contribution >= 0.6 is 11.6 Å². The Kier molecular flexibility index (Phi) is 5.32. The number of fused-ring (bicyclic) bond motifs is 1. The van der Waals surface area contributed by atoms with Gasteiger partial charge in [0, 0.05) is 35.9 Å². The van der Waals surface area contributed by atoms with Crippen LogP contribution in [-0.4, -0.2) is 38.8 Å². The highest BCUT2D eigenvalue weighted by molar-refractivity contribution is 6.30. The molecule has 0 aliphatic carbocycles. The number of rotatable bonds is 4. The predicted molar refractivity (Wildman–Crippen MR) is 106 cm³/mol. The minimum atomic E-state index is -0.127. The molecular weight excluding hydrogens is 364 g/mol. The first-order valence-electron chi connectivity index (χ1n) is 9.02. The number of benzene rings is 2. The van der Waals surface area contributed by atoms with Crippen molar-refractivity contribution in [2.45, 2.75) is 6.54 Å². The summed E-state index contributed by atoms with van der Waals surface area (Å²) in [5.41, 5.74) is 3.62. The van der Waals surface area contributed by atoms with Crippen LogP contribution in [0.1, 0.15) is 11.1 Å². The van der Waals surface area contributed by atoms with E-state index < -0.39 is 0 Å². The zero-order valence-electron chi connectivity index (χ0n) is 14.9. The number of para-hydroxylation sites is 1. The van der Waals surface area contributed by atoms with Gasteiger partial charge in [0.1, 0.15) is 12.4 Å². The Labute approximate surface area is 163 Å². The van der Waals surface area contributed by atoms with Crippen molar-refractivity contribution in [2.75, 3.05) is 37.8 Å². The monoisotopic (exact) mass is 384 g/mol. The van der Waals surface area contributed by atoms with Crippen LogP contribution in [0.25, 0.3) is 6.08 Å². The molecule has 2 aliphatic heterocycles. The third-order valence-electron chi connectivity index (χ3n) is 4.76. The van der Waals surface area contributed by atoms with Crippen LogP contribution < -0.4 is 15.0 Å². The van der Waals surface area contributed by atoms with Crippen molar-refractivity contribution in [3.05, 3.63) is 64.2 Å². The smallest absolute Gasteiger partial charge is 0.250 e. The van der Waals surface area contributed by atoms with E-state index in [1.54, 1.807) is 0 Å². The Morgan fingerprint density at radius 3 is 2.81 bits per heavy atom. The number of anilines is 1. The average molecular weight is 385 g/mol. The second kappa shape index (κ2) is 8.03. The summed E-state index contributed by atoms with van der Waals surface area (Å²) in [6, 6.07) is 13.5. The molecule has 2 aliphatic rings. The number of amides is 1. The lowest BCUT2D eigenvalue weighted by Gasteiger charge is -2.30. The van der Waals surface area contributed by atoms with Gasteiger partial charge in [0.15, 0.2) is 0 Å². The van der Waals surface area contributed by atoms with E-state index >= 15 is 0 Å². The van der Waals surface area contributed by atoms with E-state index in [1.807, 2.05) is 48.5 Å². The van der Waals surface area contributed by atoms with Crippen LogP contribution in [0.5, 0.6) is 5.75 Å². The van der Waals surface area contributed by atoms with Gasteiger partial charge in [-0.2, -0.15) is 0 Å². The molecule has 140 valence electrons. The molecule has 0 radical (unpaired) electrons. The molecule has 0 unspecified atom stereocenters. The summed E-state index contributed by atoms with van der Waals surface area (Å²) in [6.07, 6.45) is 1.88. The summed E-state index contributed by atoms with van der Waals surface area (Å²) in [7, 11) is 0. The molecule has 1 saturated heterocycles. The highest BCUT2D eigenvalue weighted by Gasteiger charge is 2.19. The van der Waals surface area contributed by atoms with E-state index in [2.05, 4.69) is 10.2 Å². The molecule has 4 rings (SSSR count). The largest absolute Gasteiger partial charge is 0.488 e. The summed E-state index contributed by atoms with van der Waals surface area (Å²) in [6.45, 7) is 3.76. The van der Waals surface area contributed by atoms with E-state index in [1.165, 1.54) is 0 Å². The van der Waals surface area contributed by atoms with Crippen molar-refractivity contribution < 1.29 is 14.3 Å². The molecule has 2 aromatic rings. The van der Waals surface area contributed by atoms with Gasteiger partial charge in [0.25, 0.3) is 5.91 Å². The van der Waals surface area contributed by atoms with Gasteiger partial charge in [-0.25, -0.2) is 0 Å². The van der Waals surface area contributed by atoms with E-state index in [0.29, 0.717) is 30.4 Å². The third-order valence-corrected chi connectivity index (χ3v) is 4.99. The highest BCUT2D eigenvalue weighted by Crippen LogP contribution is 2.27. The SMILES string of the molecule is O=C(NCc1cc(Cl)ccc1N1CCOCC1)C1=Cc2ccccc2OC1. The fourth-order valence-corrected chi connectivity index (χ4v) is 3.54. The van der Waals surface area contributed by atoms with Gasteiger partial charge in [-0.05, 0) is 35.9 Å². The summed E-state index contributed by atoms with van der Waals surface area (Å²) < 4.78 is 11.1. The molecule has 0 bridgehead atoms. The number of nitrogens with one attached hydrogen (secondary N) is 1. The lowest BCUT2D eigenvalue weighted by Crippen LogP contribution is -2.37. The van der Waals surface area contributed by atoms with Crippen LogP contribution in [0.15, 0.2) is 48.0 Å². The number of hydrogen-bond acceptors (Lipinski definition) is 4. The molecular formula is C21H21ClN2O3. The first-order chi connectivity index (χ1) is 13.2. The van der Waals surface area contributed by atoms with E-state index in [0.717, 1.165) is 35.7 Å². The molecule has 1 fully saturated rings. The summed E-state index contributed by atoms with van der Waals surface area (Å²) >= 11 is 6.19. The maximum Gasteiger partial charge on any atom is 0.250 e. The Bertz CT molecular complexity index is 875. The molecule has 0 aromatic heterocycles. The van der Waals surface area contributed by atoms with E-state index in [9.17, 15) is 4.79 Å². The van der Waals surface area contributed by atoms with Crippen LogP contribution in [0.3, 0.4) is 0 Å². The quantitative estimate of drug-likeness (QED) is 0.879. The topological polar surface area (TPSA) is 50.8 Å². The lowest BCUT2D eigenvalue weighted by atomic mass is 10.1. The molecule has 1 N–H and O–H groups in total. The number of carbonyl (C=O) groups is 1. The van der Waals surface area contributed by atoms with Crippen LogP contribution in [0.4, 0.5) is 5.69 Å². The normalized spacial score (nSPS) is 16.2.